The molecule has 0 saturated carbocycles. The van der Waals surface area contributed by atoms with Crippen LogP contribution in [0.15, 0.2) is 55.0 Å². The highest BCUT2D eigenvalue weighted by Gasteiger charge is 2.32. The molecule has 8 heteroatoms. The Morgan fingerprint density at radius 3 is 2.76 bits per heavy atom. The fraction of sp³-hybridized carbons (Fsp3) is 0.423. The van der Waals surface area contributed by atoms with Gasteiger partial charge in [0.1, 0.15) is 17.3 Å². The molecule has 1 aliphatic heterocycles. The third kappa shape index (κ3) is 6.14. The summed E-state index contributed by atoms with van der Waals surface area (Å²) in [7, 11) is 3.64. The fourth-order valence-electron chi connectivity index (χ4n) is 4.42. The van der Waals surface area contributed by atoms with Gasteiger partial charge in [-0.15, -0.1) is 0 Å². The summed E-state index contributed by atoms with van der Waals surface area (Å²) in [5, 5.41) is 3.12. The number of nitrogens with zero attached hydrogens (tertiary/aromatic N) is 4. The van der Waals surface area contributed by atoms with Gasteiger partial charge in [0.05, 0.1) is 32.4 Å². The average molecular weight is 464 g/mol. The Bertz CT molecular complexity index is 1080. The van der Waals surface area contributed by atoms with Crippen molar-refractivity contribution in [3.63, 3.8) is 0 Å². The van der Waals surface area contributed by atoms with Gasteiger partial charge in [0.2, 0.25) is 5.91 Å². The van der Waals surface area contributed by atoms with Gasteiger partial charge in [0, 0.05) is 56.3 Å². The predicted molar refractivity (Wildman–Crippen MR) is 129 cm³/mol. The molecule has 4 rings (SSSR count). The summed E-state index contributed by atoms with van der Waals surface area (Å²) in [6.07, 6.45) is 6.28. The number of pyridine rings is 1. The first kappa shape index (κ1) is 23.8. The Hall–Kier alpha value is -3.39. The molecule has 8 nitrogen and oxygen atoms in total. The van der Waals surface area contributed by atoms with Crippen LogP contribution >= 0.6 is 0 Å². The van der Waals surface area contributed by atoms with Crippen LogP contribution in [0.4, 0.5) is 0 Å². The summed E-state index contributed by atoms with van der Waals surface area (Å²) in [6.45, 7) is 5.17. The molecule has 34 heavy (non-hydrogen) atoms. The van der Waals surface area contributed by atoms with Gasteiger partial charge in [-0.1, -0.05) is 18.2 Å². The van der Waals surface area contributed by atoms with Crippen molar-refractivity contribution in [2.24, 2.45) is 18.9 Å². The molecular formula is C26H33N5O3. The number of imidazole rings is 1. The van der Waals surface area contributed by atoms with Gasteiger partial charge >= 0.3 is 0 Å². The lowest BCUT2D eigenvalue weighted by Gasteiger charge is -2.36. The number of ether oxygens (including phenoxy) is 2. The van der Waals surface area contributed by atoms with Crippen molar-refractivity contribution in [1.82, 2.24) is 24.8 Å². The molecule has 3 aromatic rings. The summed E-state index contributed by atoms with van der Waals surface area (Å²) in [5.74, 6) is 2.66. The summed E-state index contributed by atoms with van der Waals surface area (Å²) in [6, 6.07) is 11.6. The number of benzene rings is 1. The molecule has 0 aliphatic carbocycles. The van der Waals surface area contributed by atoms with Crippen LogP contribution in [-0.4, -0.2) is 52.1 Å². The van der Waals surface area contributed by atoms with E-state index in [1.54, 1.807) is 13.3 Å². The van der Waals surface area contributed by atoms with Gasteiger partial charge in [-0.05, 0) is 31.5 Å². The molecule has 180 valence electrons. The van der Waals surface area contributed by atoms with Crippen LogP contribution < -0.4 is 14.8 Å². The van der Waals surface area contributed by atoms with E-state index < -0.39 is 0 Å². The van der Waals surface area contributed by atoms with Gasteiger partial charge < -0.3 is 19.4 Å². The molecular weight excluding hydrogens is 430 g/mol. The van der Waals surface area contributed by atoms with E-state index in [2.05, 4.69) is 20.2 Å². The molecule has 0 unspecified atom stereocenters. The Labute approximate surface area is 200 Å². The summed E-state index contributed by atoms with van der Waals surface area (Å²) < 4.78 is 13.5. The van der Waals surface area contributed by atoms with Gasteiger partial charge in [0.25, 0.3) is 0 Å². The molecule has 1 amide bonds. The van der Waals surface area contributed by atoms with E-state index in [9.17, 15) is 4.79 Å². The van der Waals surface area contributed by atoms with E-state index in [1.807, 2.05) is 67.3 Å². The maximum absolute atomic E-state index is 13.2. The number of likely N-dealkylation sites (tertiary alicyclic amines) is 1. The van der Waals surface area contributed by atoms with Crippen LogP contribution in [0.5, 0.6) is 11.5 Å². The smallest absolute Gasteiger partial charge is 0.224 e. The van der Waals surface area contributed by atoms with Gasteiger partial charge in [-0.3, -0.25) is 14.7 Å². The largest absolute Gasteiger partial charge is 0.496 e. The second-order valence-corrected chi connectivity index (χ2v) is 8.92. The summed E-state index contributed by atoms with van der Waals surface area (Å²) in [4.78, 5) is 24.3. The Balaban J connectivity index is 1.41. The standard InChI is InChI=1S/C26H33N5O3/c1-19-8-9-23(14-28-19)34-18-20-12-22(16-31(15-20)17-25-27-10-11-30(25)2)26(32)29-13-21-6-4-5-7-24(21)33-3/h4-11,14,20,22H,12-13,15-18H2,1-3H3,(H,29,32)/t20-,22+/m0/s1. The molecule has 3 heterocycles. The number of aromatic nitrogens is 3. The zero-order valence-corrected chi connectivity index (χ0v) is 20.1. The number of rotatable bonds is 9. The lowest BCUT2D eigenvalue weighted by atomic mass is 9.88. The van der Waals surface area contributed by atoms with Crippen molar-refractivity contribution in [2.75, 3.05) is 26.8 Å². The molecule has 1 saturated heterocycles. The van der Waals surface area contributed by atoms with E-state index in [0.717, 1.165) is 41.5 Å². The molecule has 1 fully saturated rings. The van der Waals surface area contributed by atoms with Crippen LogP contribution in [0.2, 0.25) is 0 Å². The van der Waals surface area contributed by atoms with E-state index >= 15 is 0 Å². The fourth-order valence-corrected chi connectivity index (χ4v) is 4.42. The van der Waals surface area contributed by atoms with Crippen molar-refractivity contribution in [3.05, 3.63) is 72.1 Å². The first-order valence-corrected chi connectivity index (χ1v) is 11.7. The maximum atomic E-state index is 13.2. The minimum atomic E-state index is -0.131. The second kappa shape index (κ2) is 11.2. The van der Waals surface area contributed by atoms with Crippen molar-refractivity contribution >= 4 is 5.91 Å². The first-order valence-electron chi connectivity index (χ1n) is 11.7. The molecule has 0 bridgehead atoms. The van der Waals surface area contributed by atoms with Gasteiger partial charge in [0.15, 0.2) is 0 Å². The van der Waals surface area contributed by atoms with Crippen molar-refractivity contribution in [3.8, 4) is 11.5 Å². The number of carbonyl (C=O) groups excluding carboxylic acids is 1. The third-order valence-electron chi connectivity index (χ3n) is 6.29. The zero-order valence-electron chi connectivity index (χ0n) is 20.1. The highest BCUT2D eigenvalue weighted by atomic mass is 16.5. The Morgan fingerprint density at radius 1 is 1.18 bits per heavy atom. The number of amides is 1. The van der Waals surface area contributed by atoms with Crippen LogP contribution in [0.1, 0.15) is 23.5 Å². The second-order valence-electron chi connectivity index (χ2n) is 8.92. The monoisotopic (exact) mass is 463 g/mol. The lowest BCUT2D eigenvalue weighted by molar-refractivity contribution is -0.128. The number of hydrogen-bond donors (Lipinski definition) is 1. The van der Waals surface area contributed by atoms with E-state index in [4.69, 9.17) is 9.47 Å². The minimum absolute atomic E-state index is 0.0532. The highest BCUT2D eigenvalue weighted by molar-refractivity contribution is 5.79. The summed E-state index contributed by atoms with van der Waals surface area (Å²) in [5.41, 5.74) is 1.92. The van der Waals surface area contributed by atoms with Crippen molar-refractivity contribution in [2.45, 2.75) is 26.4 Å². The van der Waals surface area contributed by atoms with Crippen LogP contribution in [0.25, 0.3) is 0 Å². The first-order chi connectivity index (χ1) is 16.5. The zero-order chi connectivity index (χ0) is 23.9. The van der Waals surface area contributed by atoms with Crippen LogP contribution in [0, 0.1) is 18.8 Å². The maximum Gasteiger partial charge on any atom is 0.224 e. The molecule has 0 spiro atoms. The number of methoxy groups -OCH3 is 1. The number of aryl methyl sites for hydroxylation is 2. The molecule has 1 aromatic carbocycles. The number of piperidine rings is 1. The number of hydrogen-bond acceptors (Lipinski definition) is 6. The van der Waals surface area contributed by atoms with Gasteiger partial charge in [-0.25, -0.2) is 4.98 Å². The average Bonchev–Trinajstić information content (AvgIpc) is 3.26. The van der Waals surface area contributed by atoms with E-state index in [1.165, 1.54) is 0 Å². The molecule has 2 aromatic heterocycles. The van der Waals surface area contributed by atoms with Crippen molar-refractivity contribution in [1.29, 1.82) is 0 Å². The summed E-state index contributed by atoms with van der Waals surface area (Å²) >= 11 is 0. The minimum Gasteiger partial charge on any atom is -0.496 e. The molecule has 1 N–H and O–H groups in total. The highest BCUT2D eigenvalue weighted by Crippen LogP contribution is 2.25. The van der Waals surface area contributed by atoms with Gasteiger partial charge in [-0.2, -0.15) is 0 Å². The Morgan fingerprint density at radius 2 is 2.03 bits per heavy atom. The number of para-hydroxylation sites is 1. The molecule has 1 aliphatic rings. The SMILES string of the molecule is COc1ccccc1CNC(=O)[C@@H]1C[C@H](COc2ccc(C)nc2)CN(Cc2nccn2C)C1. The normalized spacial score (nSPS) is 18.4. The quantitative estimate of drug-likeness (QED) is 0.526. The number of carbonyl (C=O) groups is 1. The van der Waals surface area contributed by atoms with Crippen LogP contribution in [0.3, 0.4) is 0 Å². The molecule has 0 radical (unpaired) electrons. The Kier molecular flexibility index (Phi) is 7.80. The van der Waals surface area contributed by atoms with E-state index in [0.29, 0.717) is 26.2 Å². The predicted octanol–water partition coefficient (Wildman–Crippen LogP) is 2.97. The molecule has 2 atom stereocenters. The van der Waals surface area contributed by atoms with E-state index in [-0.39, 0.29) is 17.7 Å². The number of nitrogens with one attached hydrogen (secondary N) is 1. The van der Waals surface area contributed by atoms with Crippen molar-refractivity contribution < 1.29 is 14.3 Å². The third-order valence-corrected chi connectivity index (χ3v) is 6.29. The topological polar surface area (TPSA) is 81.5 Å². The van der Waals surface area contributed by atoms with Crippen LogP contribution in [-0.2, 0) is 24.9 Å². The lowest BCUT2D eigenvalue weighted by Crippen LogP contribution is -2.47.